The van der Waals surface area contributed by atoms with Gasteiger partial charge in [0.15, 0.2) is 0 Å². The predicted octanol–water partition coefficient (Wildman–Crippen LogP) is 2.24. The summed E-state index contributed by atoms with van der Waals surface area (Å²) in [5, 5.41) is 8.61. The number of aliphatic hydroxyl groups is 1. The van der Waals surface area contributed by atoms with Crippen LogP contribution >= 0.6 is 0 Å². The zero-order valence-electron chi connectivity index (χ0n) is 12.8. The largest absolute Gasteiger partial charge is 0.396 e. The minimum Gasteiger partial charge on any atom is -0.396 e. The molecule has 0 unspecified atom stereocenters. The van der Waals surface area contributed by atoms with Gasteiger partial charge in [0, 0.05) is 26.4 Å². The molecule has 1 aliphatic heterocycles. The van der Waals surface area contributed by atoms with Gasteiger partial charge in [-0.15, -0.1) is 0 Å². The van der Waals surface area contributed by atoms with E-state index in [1.165, 1.54) is 4.90 Å². The number of unbranched alkanes of at least 4 members (excludes halogenated alkanes) is 3. The number of hydrogen-bond donors (Lipinski definition) is 1. The molecule has 120 valence electrons. The highest BCUT2D eigenvalue weighted by Crippen LogP contribution is 2.22. The number of nitrogens with zero attached hydrogens (tertiary/aromatic N) is 1. The Bertz CT molecular complexity index is 480. The van der Waals surface area contributed by atoms with Gasteiger partial charge < -0.3 is 9.84 Å². The van der Waals surface area contributed by atoms with Crippen molar-refractivity contribution in [1.82, 2.24) is 4.90 Å². The number of aliphatic hydroxyl groups excluding tert-OH is 1. The van der Waals surface area contributed by atoms with Crippen molar-refractivity contribution in [3.63, 3.8) is 0 Å². The van der Waals surface area contributed by atoms with Gasteiger partial charge in [-0.05, 0) is 31.4 Å². The van der Waals surface area contributed by atoms with Crippen LogP contribution in [-0.4, -0.2) is 48.2 Å². The van der Waals surface area contributed by atoms with E-state index < -0.39 is 0 Å². The van der Waals surface area contributed by atoms with E-state index >= 15 is 0 Å². The van der Waals surface area contributed by atoms with Gasteiger partial charge in [0.1, 0.15) is 0 Å². The first-order valence-electron chi connectivity index (χ1n) is 7.89. The Morgan fingerprint density at radius 1 is 0.864 bits per heavy atom. The van der Waals surface area contributed by atoms with Crippen LogP contribution in [0.15, 0.2) is 24.3 Å². The molecule has 0 aromatic heterocycles. The van der Waals surface area contributed by atoms with Gasteiger partial charge >= 0.3 is 0 Å². The summed E-state index contributed by atoms with van der Waals surface area (Å²) >= 11 is 0. The van der Waals surface area contributed by atoms with Crippen LogP contribution in [0.5, 0.6) is 0 Å². The van der Waals surface area contributed by atoms with Crippen LogP contribution in [0, 0.1) is 0 Å². The van der Waals surface area contributed by atoms with E-state index in [2.05, 4.69) is 0 Å². The number of fused-ring (bicyclic) bond motifs is 1. The average Bonchev–Trinajstić information content (AvgIpc) is 2.78. The van der Waals surface area contributed by atoms with Crippen LogP contribution < -0.4 is 0 Å². The Kier molecular flexibility index (Phi) is 6.55. The monoisotopic (exact) mass is 305 g/mol. The Labute approximate surface area is 130 Å². The molecule has 0 radical (unpaired) electrons. The molecule has 5 heteroatoms. The summed E-state index contributed by atoms with van der Waals surface area (Å²) in [6.07, 6.45) is 4.45. The average molecular weight is 305 g/mol. The summed E-state index contributed by atoms with van der Waals surface area (Å²) in [5.74, 6) is -0.346. The second kappa shape index (κ2) is 8.66. The van der Waals surface area contributed by atoms with E-state index in [9.17, 15) is 9.59 Å². The normalized spacial score (nSPS) is 13.8. The lowest BCUT2D eigenvalue weighted by molar-refractivity contribution is 0.0650. The Morgan fingerprint density at radius 2 is 1.45 bits per heavy atom. The van der Waals surface area contributed by atoms with Crippen LogP contribution in [0.1, 0.15) is 52.8 Å². The summed E-state index contributed by atoms with van der Waals surface area (Å²) in [4.78, 5) is 25.6. The number of amides is 2. The lowest BCUT2D eigenvalue weighted by Crippen LogP contribution is -2.30. The van der Waals surface area contributed by atoms with Crippen molar-refractivity contribution in [3.05, 3.63) is 35.4 Å². The zero-order chi connectivity index (χ0) is 15.8. The first-order valence-corrected chi connectivity index (χ1v) is 7.89. The topological polar surface area (TPSA) is 66.8 Å². The SMILES string of the molecule is O=C1c2ccccc2C(=O)N1CCCCCCOCCCO. The maximum atomic E-state index is 12.1. The lowest BCUT2D eigenvalue weighted by atomic mass is 10.1. The van der Waals surface area contributed by atoms with Crippen molar-refractivity contribution < 1.29 is 19.4 Å². The summed E-state index contributed by atoms with van der Waals surface area (Å²) in [5.41, 5.74) is 1.04. The molecule has 5 nitrogen and oxygen atoms in total. The predicted molar refractivity (Wildman–Crippen MR) is 82.8 cm³/mol. The van der Waals surface area contributed by atoms with Crippen molar-refractivity contribution in [1.29, 1.82) is 0 Å². The van der Waals surface area contributed by atoms with Gasteiger partial charge in [-0.3, -0.25) is 14.5 Å². The fraction of sp³-hybridized carbons (Fsp3) is 0.529. The fourth-order valence-electron chi connectivity index (χ4n) is 2.54. The highest BCUT2D eigenvalue weighted by atomic mass is 16.5. The number of benzene rings is 1. The van der Waals surface area contributed by atoms with Gasteiger partial charge in [0.25, 0.3) is 11.8 Å². The van der Waals surface area contributed by atoms with Gasteiger partial charge in [0.2, 0.25) is 0 Å². The van der Waals surface area contributed by atoms with E-state index in [4.69, 9.17) is 9.84 Å². The third-order valence-electron chi connectivity index (χ3n) is 3.75. The Morgan fingerprint density at radius 3 is 2.09 bits per heavy atom. The zero-order valence-corrected chi connectivity index (χ0v) is 12.8. The van der Waals surface area contributed by atoms with Crippen LogP contribution in [-0.2, 0) is 4.74 Å². The third-order valence-corrected chi connectivity index (χ3v) is 3.75. The molecule has 0 bridgehead atoms. The maximum Gasteiger partial charge on any atom is 0.261 e. The third kappa shape index (κ3) is 4.15. The lowest BCUT2D eigenvalue weighted by Gasteiger charge is -2.13. The summed E-state index contributed by atoms with van der Waals surface area (Å²) in [7, 11) is 0. The van der Waals surface area contributed by atoms with Gasteiger partial charge in [-0.25, -0.2) is 0 Å². The van der Waals surface area contributed by atoms with E-state index in [0.717, 1.165) is 25.7 Å². The van der Waals surface area contributed by atoms with Crippen molar-refractivity contribution in [2.75, 3.05) is 26.4 Å². The second-order valence-corrected chi connectivity index (χ2v) is 5.41. The molecule has 0 fully saturated rings. The number of imide groups is 1. The van der Waals surface area contributed by atoms with Crippen molar-refractivity contribution in [3.8, 4) is 0 Å². The summed E-state index contributed by atoms with van der Waals surface area (Å²) in [6, 6.07) is 6.98. The summed E-state index contributed by atoms with van der Waals surface area (Å²) in [6.45, 7) is 1.95. The van der Waals surface area contributed by atoms with E-state index in [-0.39, 0.29) is 18.4 Å². The van der Waals surface area contributed by atoms with Gasteiger partial charge in [-0.2, -0.15) is 0 Å². The first kappa shape index (κ1) is 16.6. The molecule has 0 saturated carbocycles. The number of hydrogen-bond acceptors (Lipinski definition) is 4. The number of rotatable bonds is 10. The second-order valence-electron chi connectivity index (χ2n) is 5.41. The maximum absolute atomic E-state index is 12.1. The van der Waals surface area contributed by atoms with Gasteiger partial charge in [0.05, 0.1) is 11.1 Å². The molecular formula is C17H23NO4. The Hall–Kier alpha value is -1.72. The molecule has 1 N–H and O–H groups in total. The number of carbonyl (C=O) groups is 2. The minimum absolute atomic E-state index is 0.167. The molecule has 2 amide bonds. The van der Waals surface area contributed by atoms with E-state index in [0.29, 0.717) is 37.3 Å². The molecule has 1 aromatic carbocycles. The van der Waals surface area contributed by atoms with Crippen molar-refractivity contribution in [2.45, 2.75) is 32.1 Å². The van der Waals surface area contributed by atoms with Crippen LogP contribution in [0.4, 0.5) is 0 Å². The molecule has 22 heavy (non-hydrogen) atoms. The fourth-order valence-corrected chi connectivity index (χ4v) is 2.54. The van der Waals surface area contributed by atoms with E-state index in [1.54, 1.807) is 24.3 Å². The van der Waals surface area contributed by atoms with Crippen LogP contribution in [0.2, 0.25) is 0 Å². The van der Waals surface area contributed by atoms with Gasteiger partial charge in [-0.1, -0.05) is 25.0 Å². The minimum atomic E-state index is -0.173. The van der Waals surface area contributed by atoms with Crippen LogP contribution in [0.25, 0.3) is 0 Å². The standard InChI is InChI=1S/C17H23NO4/c19-11-7-13-22-12-6-2-1-5-10-18-16(20)14-8-3-4-9-15(14)17(18)21/h3-4,8-9,19H,1-2,5-7,10-13H2. The smallest absolute Gasteiger partial charge is 0.261 e. The van der Waals surface area contributed by atoms with Crippen molar-refractivity contribution in [2.24, 2.45) is 0 Å². The summed E-state index contributed by atoms with van der Waals surface area (Å²) < 4.78 is 5.35. The molecule has 0 aliphatic carbocycles. The molecule has 0 atom stereocenters. The van der Waals surface area contributed by atoms with Crippen LogP contribution in [0.3, 0.4) is 0 Å². The highest BCUT2D eigenvalue weighted by molar-refractivity contribution is 6.21. The number of carbonyl (C=O) groups excluding carboxylic acids is 2. The molecule has 1 heterocycles. The first-order chi connectivity index (χ1) is 10.8. The molecule has 0 saturated heterocycles. The molecule has 1 aliphatic rings. The highest BCUT2D eigenvalue weighted by Gasteiger charge is 2.34. The molecule has 0 spiro atoms. The van der Waals surface area contributed by atoms with E-state index in [1.807, 2.05) is 0 Å². The Balaban J connectivity index is 1.63. The quantitative estimate of drug-likeness (QED) is 0.532. The number of ether oxygens (including phenoxy) is 1. The molecule has 2 rings (SSSR count). The molecular weight excluding hydrogens is 282 g/mol. The molecule has 1 aromatic rings. The van der Waals surface area contributed by atoms with Crippen molar-refractivity contribution >= 4 is 11.8 Å².